The molecule has 0 aliphatic carbocycles. The number of rotatable bonds is 4. The number of carbonyl (C=O) groups is 1. The van der Waals surface area contributed by atoms with Gasteiger partial charge in [0.25, 0.3) is 5.91 Å². The number of hydrogen-bond acceptors (Lipinski definition) is 5. The predicted molar refractivity (Wildman–Crippen MR) is 132 cm³/mol. The van der Waals surface area contributed by atoms with E-state index < -0.39 is 5.91 Å². The zero-order valence-electron chi connectivity index (χ0n) is 18.4. The number of thioether (sulfide) groups is 1. The summed E-state index contributed by atoms with van der Waals surface area (Å²) in [5.41, 5.74) is 4.91. The van der Waals surface area contributed by atoms with Gasteiger partial charge < -0.3 is 9.30 Å². The third-order valence-corrected chi connectivity index (χ3v) is 6.51. The van der Waals surface area contributed by atoms with Gasteiger partial charge in [0.2, 0.25) is 5.17 Å². The Morgan fingerprint density at radius 1 is 1.06 bits per heavy atom. The number of aliphatic imine (C=N–C) groups is 1. The zero-order valence-corrected chi connectivity index (χ0v) is 19.2. The van der Waals surface area contributed by atoms with Crippen LogP contribution in [0.1, 0.15) is 22.5 Å². The molecule has 0 radical (unpaired) electrons. The summed E-state index contributed by atoms with van der Waals surface area (Å²) in [7, 11) is 1.64. The van der Waals surface area contributed by atoms with Gasteiger partial charge in [0, 0.05) is 28.7 Å². The molecule has 0 unspecified atom stereocenters. The van der Waals surface area contributed by atoms with Gasteiger partial charge in [-0.15, -0.1) is 0 Å². The fourth-order valence-corrected chi connectivity index (χ4v) is 4.82. The van der Waals surface area contributed by atoms with Gasteiger partial charge in [-0.2, -0.15) is 15.1 Å². The Labute approximate surface area is 195 Å². The van der Waals surface area contributed by atoms with Gasteiger partial charge in [0.05, 0.1) is 12.7 Å². The quantitative estimate of drug-likeness (QED) is 0.575. The molecule has 1 aromatic heterocycles. The first-order chi connectivity index (χ1) is 16.0. The average Bonchev–Trinajstić information content (AvgIpc) is 3.37. The van der Waals surface area contributed by atoms with Crippen LogP contribution in [-0.2, 0) is 4.79 Å². The number of aromatic nitrogens is 1. The predicted octanol–water partition coefficient (Wildman–Crippen LogP) is 4.77. The smallest absolute Gasteiger partial charge is 0.283 e. The summed E-state index contributed by atoms with van der Waals surface area (Å²) in [6.07, 6.45) is 1.73. The van der Waals surface area contributed by atoms with E-state index in [0.717, 1.165) is 34.0 Å². The van der Waals surface area contributed by atoms with Gasteiger partial charge in [0.1, 0.15) is 10.8 Å². The van der Waals surface area contributed by atoms with Crippen molar-refractivity contribution in [3.8, 4) is 11.4 Å². The third kappa shape index (κ3) is 3.68. The number of amides is 1. The molecule has 2 aliphatic heterocycles. The highest BCUT2D eigenvalue weighted by atomic mass is 32.2. The van der Waals surface area contributed by atoms with Gasteiger partial charge in [-0.25, -0.2) is 0 Å². The summed E-state index contributed by atoms with van der Waals surface area (Å²) >= 11 is 1.30. The Bertz CT molecular complexity index is 1390. The molecule has 7 nitrogen and oxygen atoms in total. The molecule has 5 rings (SSSR count). The van der Waals surface area contributed by atoms with Crippen molar-refractivity contribution < 1.29 is 9.53 Å². The molecule has 3 heterocycles. The lowest BCUT2D eigenvalue weighted by Crippen LogP contribution is -2.35. The van der Waals surface area contributed by atoms with Crippen LogP contribution in [0.4, 0.5) is 0 Å². The monoisotopic (exact) mass is 455 g/mol. The summed E-state index contributed by atoms with van der Waals surface area (Å²) < 4.78 is 7.46. The van der Waals surface area contributed by atoms with E-state index in [-0.39, 0.29) is 11.4 Å². The first-order valence-electron chi connectivity index (χ1n) is 10.4. The van der Waals surface area contributed by atoms with Crippen LogP contribution < -0.4 is 4.74 Å². The number of nitrogens with one attached hydrogen (secondary N) is 1. The van der Waals surface area contributed by atoms with Crippen molar-refractivity contribution >= 4 is 39.8 Å². The summed E-state index contributed by atoms with van der Waals surface area (Å²) in [6, 6.07) is 19.5. The van der Waals surface area contributed by atoms with E-state index in [1.807, 2.05) is 74.5 Å². The number of hydrazone groups is 1. The highest BCUT2D eigenvalue weighted by molar-refractivity contribution is 8.27. The Morgan fingerprint density at radius 2 is 1.85 bits per heavy atom. The van der Waals surface area contributed by atoms with Crippen LogP contribution in [0.3, 0.4) is 0 Å². The summed E-state index contributed by atoms with van der Waals surface area (Å²) in [4.78, 5) is 17.0. The van der Waals surface area contributed by atoms with Gasteiger partial charge in [-0.1, -0.05) is 36.4 Å². The van der Waals surface area contributed by atoms with Crippen molar-refractivity contribution in [1.29, 1.82) is 5.41 Å². The molecule has 33 heavy (non-hydrogen) atoms. The summed E-state index contributed by atoms with van der Waals surface area (Å²) in [6.45, 7) is 3.99. The molecule has 3 aromatic rings. The lowest BCUT2D eigenvalue weighted by atomic mass is 10.1. The van der Waals surface area contributed by atoms with E-state index in [0.29, 0.717) is 10.2 Å². The van der Waals surface area contributed by atoms with E-state index in [4.69, 9.17) is 10.1 Å². The summed E-state index contributed by atoms with van der Waals surface area (Å²) in [5, 5.41) is 15.8. The number of amidine groups is 2. The molecule has 2 aromatic carbocycles. The fourth-order valence-electron chi connectivity index (χ4n) is 3.93. The van der Waals surface area contributed by atoms with E-state index >= 15 is 0 Å². The molecular weight excluding hydrogens is 434 g/mol. The number of ether oxygens (including phenoxy) is 1. The van der Waals surface area contributed by atoms with Crippen molar-refractivity contribution in [3.63, 3.8) is 0 Å². The van der Waals surface area contributed by atoms with Gasteiger partial charge >= 0.3 is 0 Å². The Morgan fingerprint density at radius 3 is 2.61 bits per heavy atom. The molecule has 1 amide bonds. The van der Waals surface area contributed by atoms with Crippen LogP contribution in [0.25, 0.3) is 11.8 Å². The van der Waals surface area contributed by atoms with Crippen LogP contribution >= 0.6 is 11.8 Å². The van der Waals surface area contributed by atoms with Crippen LogP contribution in [0.2, 0.25) is 0 Å². The Balaban J connectivity index is 1.51. The lowest BCUT2D eigenvalue weighted by Gasteiger charge is -2.20. The zero-order chi connectivity index (χ0) is 23.1. The largest absolute Gasteiger partial charge is 0.497 e. The van der Waals surface area contributed by atoms with Crippen LogP contribution in [0, 0.1) is 19.3 Å². The minimum Gasteiger partial charge on any atom is -0.497 e. The maximum Gasteiger partial charge on any atom is 0.283 e. The van der Waals surface area contributed by atoms with E-state index in [9.17, 15) is 4.79 Å². The molecule has 0 saturated heterocycles. The first-order valence-corrected chi connectivity index (χ1v) is 11.2. The molecule has 1 N–H and O–H groups in total. The SMILES string of the molecule is COc1cccc(-n2c(C)cc(C=C3C(=N)N4N=C(c5ccccc5)SC4=NC3=O)c2C)c1. The molecule has 164 valence electrons. The highest BCUT2D eigenvalue weighted by Gasteiger charge is 2.36. The minimum absolute atomic E-state index is 0.0228. The Kier molecular flexibility index (Phi) is 5.22. The van der Waals surface area contributed by atoms with Crippen LogP contribution in [0.5, 0.6) is 5.75 Å². The molecule has 0 saturated carbocycles. The molecule has 8 heteroatoms. The Hall–Kier alpha value is -3.91. The first kappa shape index (κ1) is 21.0. The third-order valence-electron chi connectivity index (χ3n) is 5.56. The van der Waals surface area contributed by atoms with Gasteiger partial charge in [0.15, 0.2) is 5.84 Å². The normalized spacial score (nSPS) is 16.7. The van der Waals surface area contributed by atoms with Crippen molar-refractivity contribution in [3.05, 3.63) is 88.8 Å². The topological polar surface area (TPSA) is 83.0 Å². The molecule has 0 atom stereocenters. The molecule has 0 fully saturated rings. The minimum atomic E-state index is -0.436. The second kappa shape index (κ2) is 8.22. The number of carbonyl (C=O) groups excluding carboxylic acids is 1. The van der Waals surface area contributed by atoms with E-state index in [1.54, 1.807) is 13.2 Å². The number of aryl methyl sites for hydroxylation is 1. The molecule has 0 bridgehead atoms. The van der Waals surface area contributed by atoms with Crippen molar-refractivity contribution in [2.75, 3.05) is 7.11 Å². The molecule has 0 spiro atoms. The van der Waals surface area contributed by atoms with Gasteiger partial charge in [-0.05, 0) is 55.4 Å². The number of methoxy groups -OCH3 is 1. The highest BCUT2D eigenvalue weighted by Crippen LogP contribution is 2.32. The van der Waals surface area contributed by atoms with E-state index in [2.05, 4.69) is 14.7 Å². The number of hydrogen-bond donors (Lipinski definition) is 1. The molecular formula is C25H21N5O2S. The fraction of sp³-hybridized carbons (Fsp3) is 0.120. The van der Waals surface area contributed by atoms with Crippen LogP contribution in [0.15, 0.2) is 76.3 Å². The van der Waals surface area contributed by atoms with Crippen molar-refractivity contribution in [1.82, 2.24) is 9.58 Å². The number of benzene rings is 2. The lowest BCUT2D eigenvalue weighted by molar-refractivity contribution is -0.114. The standard InChI is InChI=1S/C25H21N5O2S/c1-15-12-18(16(2)29(15)19-10-7-11-20(14-19)32-3)13-21-22(26)30-25(27-23(21)31)33-24(28-30)17-8-5-4-6-9-17/h4-14,26H,1-3H3. The van der Waals surface area contributed by atoms with E-state index in [1.165, 1.54) is 16.8 Å². The summed E-state index contributed by atoms with van der Waals surface area (Å²) in [5.74, 6) is 0.355. The van der Waals surface area contributed by atoms with Crippen molar-refractivity contribution in [2.24, 2.45) is 10.1 Å². The van der Waals surface area contributed by atoms with Crippen molar-refractivity contribution in [2.45, 2.75) is 13.8 Å². The molecule has 2 aliphatic rings. The van der Waals surface area contributed by atoms with Crippen LogP contribution in [-0.4, -0.2) is 38.6 Å². The van der Waals surface area contributed by atoms with Gasteiger partial charge in [-0.3, -0.25) is 10.2 Å². The number of nitrogens with zero attached hydrogens (tertiary/aromatic N) is 4. The maximum atomic E-state index is 12.8. The second-order valence-corrected chi connectivity index (χ2v) is 8.61. The number of fused-ring (bicyclic) bond motifs is 1. The maximum absolute atomic E-state index is 12.8. The second-order valence-electron chi connectivity index (χ2n) is 7.65. The average molecular weight is 456 g/mol.